The van der Waals surface area contributed by atoms with Gasteiger partial charge in [0.2, 0.25) is 34.2 Å². The van der Waals surface area contributed by atoms with Crippen LogP contribution in [0.3, 0.4) is 0 Å². The summed E-state index contributed by atoms with van der Waals surface area (Å²) < 4.78 is 192. The molecule has 9 heteroatoms. The maximum absolute atomic E-state index is 8.56. The predicted molar refractivity (Wildman–Crippen MR) is 423 cm³/mol. The maximum atomic E-state index is 8.56. The number of furan rings is 3. The highest BCUT2D eigenvalue weighted by Gasteiger charge is 2.28. The summed E-state index contributed by atoms with van der Waals surface area (Å²) in [5.74, 6) is -7.03. The van der Waals surface area contributed by atoms with Crippen LogP contribution in [0.25, 0.3) is 133 Å². The molecule has 0 saturated heterocycles. The highest BCUT2D eigenvalue weighted by Crippen LogP contribution is 2.43. The van der Waals surface area contributed by atoms with Crippen LogP contribution in [0.4, 0.5) is 0 Å². The van der Waals surface area contributed by atoms with Crippen molar-refractivity contribution >= 4 is 66.2 Å². The van der Waals surface area contributed by atoms with Crippen LogP contribution in [0.5, 0.6) is 0 Å². The van der Waals surface area contributed by atoms with Gasteiger partial charge in [-0.1, -0.05) is 192 Å². The first kappa shape index (κ1) is 48.4. The minimum absolute atomic E-state index is 0.0904. The molecule has 0 fully saturated rings. The molecule has 9 aromatic heterocycles. The Bertz CT molecular complexity index is 6480. The molecule has 0 spiro atoms. The Morgan fingerprint density at radius 2 is 0.784 bits per heavy atom. The fourth-order valence-corrected chi connectivity index (χ4v) is 14.0. The Hall–Kier alpha value is -10.4. The van der Waals surface area contributed by atoms with E-state index in [2.05, 4.69) is 170 Å². The van der Waals surface area contributed by atoms with Crippen molar-refractivity contribution in [2.45, 2.75) is 140 Å². The molecule has 516 valence electrons. The lowest BCUT2D eigenvalue weighted by molar-refractivity contribution is -0.660. The van der Waals surface area contributed by atoms with Gasteiger partial charge in [0.05, 0.1) is 22.3 Å². The Morgan fingerprint density at radius 1 is 0.363 bits per heavy atom. The van der Waals surface area contributed by atoms with Crippen LogP contribution in [-0.2, 0) is 40.4 Å². The third kappa shape index (κ3) is 14.3. The normalized spacial score (nSPS) is 16.0. The molecule has 15 rings (SSSR count). The molecule has 0 bridgehead atoms. The zero-order valence-corrected chi connectivity index (χ0v) is 59.8. The zero-order chi connectivity index (χ0) is 89.7. The molecule has 0 unspecified atom stereocenters. The lowest BCUT2D eigenvalue weighted by Crippen LogP contribution is -2.31. The van der Waals surface area contributed by atoms with Gasteiger partial charge in [-0.05, 0) is 180 Å². The van der Waals surface area contributed by atoms with Gasteiger partial charge in [-0.3, -0.25) is 0 Å². The first-order chi connectivity index (χ1) is 57.4. The third-order valence-electron chi connectivity index (χ3n) is 18.8. The fraction of sp³-hybridized carbons (Fsp3) is 0.290. The molecule has 9 heterocycles. The van der Waals surface area contributed by atoms with Crippen molar-refractivity contribution in [2.75, 3.05) is 0 Å². The van der Waals surface area contributed by atoms with Gasteiger partial charge in [0.15, 0.2) is 35.3 Å². The summed E-state index contributed by atoms with van der Waals surface area (Å²) in [6, 6.07) is 58.6. The van der Waals surface area contributed by atoms with Crippen LogP contribution in [0, 0.1) is 38.5 Å². The van der Waals surface area contributed by atoms with Gasteiger partial charge >= 0.3 is 0 Å². The van der Waals surface area contributed by atoms with Crippen LogP contribution < -0.4 is 13.7 Å². The van der Waals surface area contributed by atoms with E-state index in [9.17, 15) is 0 Å². The van der Waals surface area contributed by atoms with Crippen molar-refractivity contribution in [1.82, 2.24) is 15.0 Å². The van der Waals surface area contributed by atoms with E-state index in [1.54, 1.807) is 18.2 Å². The van der Waals surface area contributed by atoms with Gasteiger partial charge in [0.25, 0.3) is 0 Å². The highest BCUT2D eigenvalue weighted by atomic mass is 16.3. The molecule has 0 radical (unpaired) electrons. The predicted octanol–water partition coefficient (Wildman–Crippen LogP) is 23.3. The van der Waals surface area contributed by atoms with E-state index < -0.39 is 58.8 Å². The summed E-state index contributed by atoms with van der Waals surface area (Å²) in [6.07, 6.45) is 9.09. The Kier molecular flexibility index (Phi) is 13.9. The molecule has 0 atom stereocenters. The van der Waals surface area contributed by atoms with Crippen molar-refractivity contribution < 1.29 is 55.7 Å². The molecule has 0 aliphatic rings. The molecule has 9 nitrogen and oxygen atoms in total. The maximum Gasteiger partial charge on any atom is 0.227 e. The largest absolute Gasteiger partial charge is 0.437 e. The van der Waals surface area contributed by atoms with Gasteiger partial charge in [0.1, 0.15) is 21.1 Å². The fourth-order valence-electron chi connectivity index (χ4n) is 14.0. The molecular weight excluding hydrogens is 1250 g/mol. The van der Waals surface area contributed by atoms with Crippen LogP contribution in [0.1, 0.15) is 180 Å². The van der Waals surface area contributed by atoms with E-state index in [-0.39, 0.29) is 34.2 Å². The minimum Gasteiger partial charge on any atom is -0.437 e. The second kappa shape index (κ2) is 29.3. The molecule has 0 amide bonds. The Labute approximate surface area is 632 Å². The summed E-state index contributed by atoms with van der Waals surface area (Å²) in [7, 11) is 5.92. The summed E-state index contributed by atoms with van der Waals surface area (Å²) in [5.41, 5.74) is 19.4. The first-order valence-electron chi connectivity index (χ1n) is 45.1. The molecule has 0 aliphatic carbocycles. The summed E-state index contributed by atoms with van der Waals surface area (Å²) in [6.45, 7) is 0.435. The summed E-state index contributed by atoms with van der Waals surface area (Å²) in [4.78, 5) is 13.0. The highest BCUT2D eigenvalue weighted by molar-refractivity contribution is 6.11. The van der Waals surface area contributed by atoms with E-state index in [1.807, 2.05) is 106 Å². The van der Waals surface area contributed by atoms with Crippen molar-refractivity contribution in [2.24, 2.45) is 38.9 Å². The smallest absolute Gasteiger partial charge is 0.227 e. The molecule has 0 aliphatic heterocycles. The van der Waals surface area contributed by atoms with Crippen LogP contribution in [-0.4, -0.2) is 15.0 Å². The SMILES string of the molecule is [2H]C([2H])([2H])C([2H])(c1ccc2c(n1)oc1c(-c3c(-c4ccc(CC(C)C)cc4)ccc[n+]3C)c(C)ccc12)C([2H])([2H])[2H].[2H]C([2H])([2H])C([2H])(c1ccc2c(n1)oc1c(-c3cc(-c4cccc(CC(C)C)c4)cc[n+]3C)c(C)ccc12)C([2H])([2H])[2H].[2H]C([2H])([2H])C([2H])(c1ccc2c(n1)oc1c(-c3ccc(-c4cccc(CC(C)C)c4)c[n+]3C)c(C)ccc12)C([2H])([2H])[2H]. The lowest BCUT2D eigenvalue weighted by Gasteiger charge is -2.11. The van der Waals surface area contributed by atoms with Gasteiger partial charge in [-0.25, -0.2) is 28.7 Å². The quantitative estimate of drug-likeness (QED) is 0.0950. The topological polar surface area (TPSA) is 89.7 Å². The number of rotatable bonds is 15. The number of nitrogens with zero attached hydrogens (tertiary/aromatic N) is 6. The lowest BCUT2D eigenvalue weighted by atomic mass is 9.93. The van der Waals surface area contributed by atoms with E-state index in [1.165, 1.54) is 34.9 Å². The number of pyridine rings is 6. The second-order valence-electron chi connectivity index (χ2n) is 28.1. The van der Waals surface area contributed by atoms with Gasteiger partial charge in [-0.2, -0.15) is 0 Å². The summed E-state index contributed by atoms with van der Waals surface area (Å²) >= 11 is 0. The molecule has 6 aromatic carbocycles. The molecule has 0 saturated carbocycles. The van der Waals surface area contributed by atoms with Crippen molar-refractivity contribution in [3.63, 3.8) is 0 Å². The van der Waals surface area contributed by atoms with E-state index in [0.29, 0.717) is 50.7 Å². The Morgan fingerprint density at radius 3 is 1.25 bits per heavy atom. The summed E-state index contributed by atoms with van der Waals surface area (Å²) in [5, 5.41) is 4.14. The Balaban J connectivity index is 0.000000159. The number of fused-ring (bicyclic) bond motifs is 9. The number of aromatic nitrogens is 6. The number of hydrogen-bond donors (Lipinski definition) is 0. The van der Waals surface area contributed by atoms with Gasteiger partial charge in [-0.15, -0.1) is 0 Å². The van der Waals surface area contributed by atoms with Crippen LogP contribution in [0.2, 0.25) is 0 Å². The van der Waals surface area contributed by atoms with Crippen molar-refractivity contribution in [3.8, 4) is 67.2 Å². The average molecular weight is 1370 g/mol. The monoisotopic (exact) mass is 1370 g/mol. The van der Waals surface area contributed by atoms with Gasteiger partial charge in [0, 0.05) is 108 Å². The van der Waals surface area contributed by atoms with Crippen molar-refractivity contribution in [3.05, 3.63) is 251 Å². The third-order valence-corrected chi connectivity index (χ3v) is 18.8. The number of hydrogen-bond acceptors (Lipinski definition) is 6. The van der Waals surface area contributed by atoms with E-state index >= 15 is 0 Å². The molecule has 0 N–H and O–H groups in total. The van der Waals surface area contributed by atoms with Crippen molar-refractivity contribution in [1.29, 1.82) is 0 Å². The average Bonchev–Trinajstić information content (AvgIpc) is 1.71. The molecule has 102 heavy (non-hydrogen) atoms. The van der Waals surface area contributed by atoms with Crippen LogP contribution >= 0.6 is 0 Å². The second-order valence-corrected chi connectivity index (χ2v) is 28.1. The van der Waals surface area contributed by atoms with Crippen LogP contribution in [0.15, 0.2) is 214 Å². The molecular formula is C93H99N6O3+3. The van der Waals surface area contributed by atoms with E-state index in [0.717, 1.165) is 119 Å². The van der Waals surface area contributed by atoms with Gasteiger partial charge < -0.3 is 13.3 Å². The minimum atomic E-state index is -3.13. The number of aryl methyl sites for hydroxylation is 6. The number of benzene rings is 6. The standard InChI is InChI=1S/3C31H33N2O/c1-19(2)18-22-10-12-23(13-11-22)24-8-7-17-33(6)29(24)28-21(5)9-14-25-26-15-16-27(20(3)4)32-31(26)34-30(25)28;1-19(2)16-22-8-7-9-23(17-22)24-11-15-28(33(6)18-24)29-21(5)10-12-25-26-13-14-27(20(3)4)32-31(26)34-30(25)29;1-19(2)16-22-8-7-9-23(17-22)24-14-15-33(6)28(18-24)29-21(5)10-11-25-26-12-13-27(20(3)4)32-31(26)34-30(25)29/h7-17,19-20H,18H2,1-6H3;2*7-15,17-20H,16H2,1-6H3/q3*+1/i3*3D3,4D3,20D. The molecule has 15 aromatic rings. The van der Waals surface area contributed by atoms with E-state index in [4.69, 9.17) is 42.0 Å². The zero-order valence-electron chi connectivity index (χ0n) is 80.8. The first-order valence-corrected chi connectivity index (χ1v) is 34.6.